The van der Waals surface area contributed by atoms with E-state index in [2.05, 4.69) is 9.97 Å². The van der Waals surface area contributed by atoms with Gasteiger partial charge in [-0.05, 0) is 6.26 Å². The maximum absolute atomic E-state index is 10.8. The highest BCUT2D eigenvalue weighted by atomic mass is 32.2. The Labute approximate surface area is 61.9 Å². The van der Waals surface area contributed by atoms with Gasteiger partial charge in [0.1, 0.15) is 5.69 Å². The predicted octanol–water partition coefficient (Wildman–Crippen LogP) is 0.0740. The first-order chi connectivity index (χ1) is 4.74. The third kappa shape index (κ3) is 1.30. The summed E-state index contributed by atoms with van der Waals surface area (Å²) in [6.07, 6.45) is 3.18. The van der Waals surface area contributed by atoms with Gasteiger partial charge < -0.3 is 5.73 Å². The van der Waals surface area contributed by atoms with E-state index < -0.39 is 0 Å². The first-order valence-electron chi connectivity index (χ1n) is 2.63. The van der Waals surface area contributed by atoms with Crippen molar-refractivity contribution >= 4 is 17.4 Å². The lowest BCUT2D eigenvalue weighted by molar-refractivity contribution is 0.945. The van der Waals surface area contributed by atoms with Crippen LogP contribution in [0.3, 0.4) is 0 Å². The van der Waals surface area contributed by atoms with E-state index in [0.717, 1.165) is 0 Å². The maximum Gasteiger partial charge on any atom is 0.274 e. The number of nitrogen functional groups attached to an aromatic ring is 1. The van der Waals surface area contributed by atoms with Crippen LogP contribution < -0.4 is 11.3 Å². The molecule has 4 nitrogen and oxygen atoms in total. The summed E-state index contributed by atoms with van der Waals surface area (Å²) in [5, 5.41) is 0.583. The lowest BCUT2D eigenvalue weighted by atomic mass is 10.6. The lowest BCUT2D eigenvalue weighted by Gasteiger charge is -1.93. The molecule has 10 heavy (non-hydrogen) atoms. The summed E-state index contributed by atoms with van der Waals surface area (Å²) in [7, 11) is 0. The van der Waals surface area contributed by atoms with Crippen molar-refractivity contribution in [3.05, 3.63) is 16.6 Å². The summed E-state index contributed by atoms with van der Waals surface area (Å²) < 4.78 is 0. The number of nitrogens with zero attached hydrogens (tertiary/aromatic N) is 1. The molecule has 0 amide bonds. The molecule has 0 saturated carbocycles. The zero-order valence-electron chi connectivity index (χ0n) is 5.42. The molecule has 1 rings (SSSR count). The smallest absolute Gasteiger partial charge is 0.274 e. The third-order valence-electron chi connectivity index (χ3n) is 0.997. The quantitative estimate of drug-likeness (QED) is 0.447. The molecule has 3 N–H and O–H groups in total. The van der Waals surface area contributed by atoms with Crippen molar-refractivity contribution in [2.75, 3.05) is 12.0 Å². The van der Waals surface area contributed by atoms with Gasteiger partial charge in [0.05, 0.1) is 6.20 Å². The van der Waals surface area contributed by atoms with E-state index in [9.17, 15) is 4.79 Å². The van der Waals surface area contributed by atoms with Gasteiger partial charge >= 0.3 is 0 Å². The van der Waals surface area contributed by atoms with Gasteiger partial charge in [-0.25, -0.2) is 4.98 Å². The molecule has 0 aliphatic rings. The van der Waals surface area contributed by atoms with Crippen molar-refractivity contribution in [1.29, 1.82) is 0 Å². The van der Waals surface area contributed by atoms with Gasteiger partial charge in [0.25, 0.3) is 5.56 Å². The average Bonchev–Trinajstić information content (AvgIpc) is 1.95. The van der Waals surface area contributed by atoms with Gasteiger partial charge in [0.15, 0.2) is 5.16 Å². The van der Waals surface area contributed by atoms with Crippen LogP contribution in [0.5, 0.6) is 0 Å². The highest BCUT2D eigenvalue weighted by molar-refractivity contribution is 7.98. The van der Waals surface area contributed by atoms with E-state index in [1.165, 1.54) is 18.0 Å². The molecule has 0 spiro atoms. The average molecular weight is 157 g/mol. The first-order valence-corrected chi connectivity index (χ1v) is 3.85. The molecular formula is C5H7N3OS. The van der Waals surface area contributed by atoms with Gasteiger partial charge in [-0.2, -0.15) is 0 Å². The summed E-state index contributed by atoms with van der Waals surface area (Å²) >= 11 is 1.37. The summed E-state index contributed by atoms with van der Waals surface area (Å²) in [5.41, 5.74) is 5.10. The number of nitrogens with two attached hydrogens (primary N) is 1. The molecule has 0 atom stereocenters. The van der Waals surface area contributed by atoms with Gasteiger partial charge in [-0.15, -0.1) is 0 Å². The Morgan fingerprint density at radius 1 is 1.80 bits per heavy atom. The number of rotatable bonds is 1. The molecule has 0 aromatic carbocycles. The van der Waals surface area contributed by atoms with Gasteiger partial charge in [-0.1, -0.05) is 11.8 Å². The van der Waals surface area contributed by atoms with E-state index >= 15 is 0 Å². The van der Waals surface area contributed by atoms with Crippen LogP contribution in [0, 0.1) is 0 Å². The van der Waals surface area contributed by atoms with Crippen LogP contribution in [0.25, 0.3) is 0 Å². The fourth-order valence-corrected chi connectivity index (χ4v) is 0.845. The van der Waals surface area contributed by atoms with E-state index in [1.807, 2.05) is 6.26 Å². The Morgan fingerprint density at radius 3 is 3.00 bits per heavy atom. The minimum atomic E-state index is -0.278. The molecule has 0 bridgehead atoms. The first kappa shape index (κ1) is 7.14. The molecular weight excluding hydrogens is 150 g/mol. The Balaban J connectivity index is 3.17. The zero-order valence-corrected chi connectivity index (χ0v) is 6.23. The van der Waals surface area contributed by atoms with Gasteiger partial charge in [0, 0.05) is 0 Å². The summed E-state index contributed by atoms with van der Waals surface area (Å²) in [6.45, 7) is 0. The van der Waals surface area contributed by atoms with Crippen LogP contribution >= 0.6 is 11.8 Å². The highest BCUT2D eigenvalue weighted by Crippen LogP contribution is 2.03. The van der Waals surface area contributed by atoms with Crippen molar-refractivity contribution in [2.24, 2.45) is 0 Å². The van der Waals surface area contributed by atoms with Crippen LogP contribution in [0.2, 0.25) is 0 Å². The SMILES string of the molecule is CSc1ncc(N)c(=O)[nH]1. The molecule has 0 aliphatic carbocycles. The zero-order chi connectivity index (χ0) is 7.56. The largest absolute Gasteiger partial charge is 0.393 e. The second kappa shape index (κ2) is 2.74. The summed E-state index contributed by atoms with van der Waals surface area (Å²) in [4.78, 5) is 17.1. The summed E-state index contributed by atoms with van der Waals surface area (Å²) in [6, 6.07) is 0. The van der Waals surface area contributed by atoms with E-state index in [1.54, 1.807) is 0 Å². The van der Waals surface area contributed by atoms with Crippen molar-refractivity contribution < 1.29 is 0 Å². The van der Waals surface area contributed by atoms with Crippen LogP contribution in [0.15, 0.2) is 16.1 Å². The molecule has 0 unspecified atom stereocenters. The van der Waals surface area contributed by atoms with Crippen LogP contribution in [-0.2, 0) is 0 Å². The van der Waals surface area contributed by atoms with Crippen molar-refractivity contribution in [1.82, 2.24) is 9.97 Å². The van der Waals surface area contributed by atoms with E-state index in [0.29, 0.717) is 5.16 Å². The molecule has 1 heterocycles. The number of H-pyrrole nitrogens is 1. The van der Waals surface area contributed by atoms with E-state index in [-0.39, 0.29) is 11.2 Å². The number of thioether (sulfide) groups is 1. The molecule has 0 fully saturated rings. The normalized spacial score (nSPS) is 9.70. The Bertz CT molecular complexity index is 282. The standard InChI is InChI=1S/C5H7N3OS/c1-10-5-7-2-3(6)4(9)8-5/h2H,6H2,1H3,(H,7,8,9). The Kier molecular flexibility index (Phi) is 1.96. The second-order valence-electron chi connectivity index (χ2n) is 1.68. The van der Waals surface area contributed by atoms with Crippen molar-refractivity contribution in [3.63, 3.8) is 0 Å². The minimum absolute atomic E-state index is 0.151. The number of aromatic nitrogens is 2. The monoisotopic (exact) mass is 157 g/mol. The number of aromatic amines is 1. The molecule has 1 aromatic rings. The number of hydrogen-bond acceptors (Lipinski definition) is 4. The maximum atomic E-state index is 10.8. The van der Waals surface area contributed by atoms with Crippen LogP contribution in [-0.4, -0.2) is 16.2 Å². The molecule has 1 aromatic heterocycles. The molecule has 0 aliphatic heterocycles. The number of nitrogens with one attached hydrogen (secondary N) is 1. The summed E-state index contributed by atoms with van der Waals surface area (Å²) in [5.74, 6) is 0. The molecule has 54 valence electrons. The second-order valence-corrected chi connectivity index (χ2v) is 2.47. The van der Waals surface area contributed by atoms with Crippen molar-refractivity contribution in [3.8, 4) is 0 Å². The number of anilines is 1. The number of hydrogen-bond donors (Lipinski definition) is 2. The van der Waals surface area contributed by atoms with Crippen LogP contribution in [0.1, 0.15) is 0 Å². The lowest BCUT2D eigenvalue weighted by Crippen LogP contribution is -2.12. The molecule has 0 radical (unpaired) electrons. The topological polar surface area (TPSA) is 71.8 Å². The fraction of sp³-hybridized carbons (Fsp3) is 0.200. The minimum Gasteiger partial charge on any atom is -0.393 e. The third-order valence-corrected chi connectivity index (χ3v) is 1.59. The molecule has 5 heteroatoms. The van der Waals surface area contributed by atoms with Gasteiger partial charge in [-0.3, -0.25) is 9.78 Å². The highest BCUT2D eigenvalue weighted by Gasteiger charge is 1.94. The Morgan fingerprint density at radius 2 is 2.50 bits per heavy atom. The molecule has 0 saturated heterocycles. The van der Waals surface area contributed by atoms with Crippen molar-refractivity contribution in [2.45, 2.75) is 5.16 Å². The Hall–Kier alpha value is -0.970. The van der Waals surface area contributed by atoms with E-state index in [4.69, 9.17) is 5.73 Å². The fourth-order valence-electron chi connectivity index (χ4n) is 0.492. The predicted molar refractivity (Wildman–Crippen MR) is 41.1 cm³/mol. The van der Waals surface area contributed by atoms with Crippen LogP contribution in [0.4, 0.5) is 5.69 Å². The van der Waals surface area contributed by atoms with Gasteiger partial charge in [0.2, 0.25) is 0 Å².